The predicted molar refractivity (Wildman–Crippen MR) is 84.5 cm³/mol. The molecule has 1 amide bonds. The lowest BCUT2D eigenvalue weighted by Crippen LogP contribution is -2.36. The highest BCUT2D eigenvalue weighted by atomic mass is 16.3. The first kappa shape index (κ1) is 15.5. The lowest BCUT2D eigenvalue weighted by atomic mass is 9.95. The lowest BCUT2D eigenvalue weighted by Gasteiger charge is -2.28. The maximum Gasteiger partial charge on any atom is 0.273 e. The van der Waals surface area contributed by atoms with Gasteiger partial charge in [-0.2, -0.15) is 0 Å². The summed E-state index contributed by atoms with van der Waals surface area (Å²) in [6.45, 7) is 5.19. The number of carbonyl (C=O) groups is 1. The van der Waals surface area contributed by atoms with Crippen LogP contribution in [0.5, 0.6) is 0 Å². The second kappa shape index (κ2) is 7.27. The number of nitrogens with one attached hydrogen (secondary N) is 1. The number of piperidine rings is 1. The SMILES string of the molecule is CC1CCN(Cc2nc(C(=O)NC3CCCCC3)co2)CC1. The van der Waals surface area contributed by atoms with E-state index in [9.17, 15) is 4.79 Å². The van der Waals surface area contributed by atoms with Gasteiger partial charge in [-0.05, 0) is 44.7 Å². The van der Waals surface area contributed by atoms with E-state index in [0.29, 0.717) is 24.2 Å². The van der Waals surface area contributed by atoms with E-state index in [0.717, 1.165) is 31.8 Å². The molecule has 1 aromatic rings. The van der Waals surface area contributed by atoms with Crippen molar-refractivity contribution in [3.05, 3.63) is 17.8 Å². The van der Waals surface area contributed by atoms with E-state index < -0.39 is 0 Å². The zero-order valence-electron chi connectivity index (χ0n) is 13.5. The highest BCUT2D eigenvalue weighted by molar-refractivity contribution is 5.92. The van der Waals surface area contributed by atoms with Crippen molar-refractivity contribution in [1.29, 1.82) is 0 Å². The molecule has 1 aromatic heterocycles. The van der Waals surface area contributed by atoms with Crippen molar-refractivity contribution >= 4 is 5.91 Å². The van der Waals surface area contributed by atoms with E-state index in [1.54, 1.807) is 0 Å². The third-order valence-electron chi connectivity index (χ3n) is 4.96. The smallest absolute Gasteiger partial charge is 0.273 e. The fourth-order valence-electron chi connectivity index (χ4n) is 3.41. The van der Waals surface area contributed by atoms with Crippen molar-refractivity contribution in [2.45, 2.75) is 64.5 Å². The van der Waals surface area contributed by atoms with E-state index in [-0.39, 0.29) is 5.91 Å². The fourth-order valence-corrected chi connectivity index (χ4v) is 3.41. The third-order valence-corrected chi connectivity index (χ3v) is 4.96. The van der Waals surface area contributed by atoms with Gasteiger partial charge in [-0.15, -0.1) is 0 Å². The maximum absolute atomic E-state index is 12.2. The molecule has 2 aliphatic rings. The Balaban J connectivity index is 1.50. The number of nitrogens with zero attached hydrogens (tertiary/aromatic N) is 2. The normalized spacial score (nSPS) is 21.9. The van der Waals surface area contributed by atoms with Crippen molar-refractivity contribution in [3.8, 4) is 0 Å². The lowest BCUT2D eigenvalue weighted by molar-refractivity contribution is 0.0922. The zero-order valence-corrected chi connectivity index (χ0v) is 13.5. The van der Waals surface area contributed by atoms with Crippen LogP contribution in [-0.2, 0) is 6.54 Å². The summed E-state index contributed by atoms with van der Waals surface area (Å²) >= 11 is 0. The molecule has 1 aliphatic heterocycles. The highest BCUT2D eigenvalue weighted by Gasteiger charge is 2.21. The van der Waals surface area contributed by atoms with E-state index in [1.165, 1.54) is 38.4 Å². The largest absolute Gasteiger partial charge is 0.447 e. The molecule has 22 heavy (non-hydrogen) atoms. The second-order valence-corrected chi connectivity index (χ2v) is 6.89. The van der Waals surface area contributed by atoms with Crippen LogP contribution in [0.4, 0.5) is 0 Å². The molecule has 1 saturated carbocycles. The number of carbonyl (C=O) groups excluding carboxylic acids is 1. The van der Waals surface area contributed by atoms with E-state index >= 15 is 0 Å². The first-order chi connectivity index (χ1) is 10.7. The zero-order chi connectivity index (χ0) is 15.4. The van der Waals surface area contributed by atoms with Gasteiger partial charge in [-0.25, -0.2) is 4.98 Å². The van der Waals surface area contributed by atoms with Gasteiger partial charge in [-0.3, -0.25) is 9.69 Å². The Kier molecular flexibility index (Phi) is 5.13. The van der Waals surface area contributed by atoms with Gasteiger partial charge in [0, 0.05) is 6.04 Å². The van der Waals surface area contributed by atoms with Crippen molar-refractivity contribution in [2.75, 3.05) is 13.1 Å². The Bertz CT molecular complexity index is 486. The number of hydrogen-bond donors (Lipinski definition) is 1. The summed E-state index contributed by atoms with van der Waals surface area (Å²) in [7, 11) is 0. The van der Waals surface area contributed by atoms with Gasteiger partial charge in [0.05, 0.1) is 6.54 Å². The molecule has 122 valence electrons. The van der Waals surface area contributed by atoms with Crippen LogP contribution in [0.25, 0.3) is 0 Å². The van der Waals surface area contributed by atoms with E-state index in [4.69, 9.17) is 4.42 Å². The molecule has 1 saturated heterocycles. The molecule has 5 nitrogen and oxygen atoms in total. The molecule has 0 bridgehead atoms. The van der Waals surface area contributed by atoms with E-state index in [1.807, 2.05) is 0 Å². The van der Waals surface area contributed by atoms with Crippen molar-refractivity contribution in [1.82, 2.24) is 15.2 Å². The number of hydrogen-bond acceptors (Lipinski definition) is 4. The van der Waals surface area contributed by atoms with Gasteiger partial charge in [0.1, 0.15) is 6.26 Å². The van der Waals surface area contributed by atoms with Crippen LogP contribution >= 0.6 is 0 Å². The second-order valence-electron chi connectivity index (χ2n) is 6.89. The topological polar surface area (TPSA) is 58.4 Å². The first-order valence-electron chi connectivity index (χ1n) is 8.68. The summed E-state index contributed by atoms with van der Waals surface area (Å²) in [5.74, 6) is 1.38. The van der Waals surface area contributed by atoms with E-state index in [2.05, 4.69) is 22.1 Å². The summed E-state index contributed by atoms with van der Waals surface area (Å²) in [5, 5.41) is 3.08. The van der Waals surface area contributed by atoms with Gasteiger partial charge in [0.25, 0.3) is 5.91 Å². The predicted octanol–water partition coefficient (Wildman–Crippen LogP) is 2.97. The summed E-state index contributed by atoms with van der Waals surface area (Å²) in [6, 6.07) is 0.310. The molecule has 0 atom stereocenters. The van der Waals surface area contributed by atoms with Crippen LogP contribution in [0.2, 0.25) is 0 Å². The average molecular weight is 305 g/mol. The average Bonchev–Trinajstić information content (AvgIpc) is 2.99. The van der Waals surface area contributed by atoms with Crippen LogP contribution in [0.1, 0.15) is 68.2 Å². The molecule has 2 heterocycles. The molecule has 3 rings (SSSR count). The molecule has 1 N–H and O–H groups in total. The van der Waals surface area contributed by atoms with Crippen LogP contribution in [0.15, 0.2) is 10.7 Å². The van der Waals surface area contributed by atoms with Crippen molar-refractivity contribution in [3.63, 3.8) is 0 Å². The summed E-state index contributed by atoms with van der Waals surface area (Å²) < 4.78 is 5.49. The van der Waals surface area contributed by atoms with Gasteiger partial charge < -0.3 is 9.73 Å². The monoisotopic (exact) mass is 305 g/mol. The van der Waals surface area contributed by atoms with Gasteiger partial charge in [0.2, 0.25) is 5.89 Å². The Morgan fingerprint density at radius 1 is 1.27 bits per heavy atom. The summed E-state index contributed by atoms with van der Waals surface area (Å²) in [6.07, 6.45) is 9.84. The molecule has 5 heteroatoms. The van der Waals surface area contributed by atoms with Crippen LogP contribution < -0.4 is 5.32 Å². The number of rotatable bonds is 4. The minimum atomic E-state index is -0.0887. The quantitative estimate of drug-likeness (QED) is 0.929. The molecular weight excluding hydrogens is 278 g/mol. The molecule has 0 aromatic carbocycles. The van der Waals surface area contributed by atoms with Gasteiger partial charge in [0.15, 0.2) is 5.69 Å². The Labute approximate surface area is 132 Å². The van der Waals surface area contributed by atoms with Crippen molar-refractivity contribution in [2.24, 2.45) is 5.92 Å². The highest BCUT2D eigenvalue weighted by Crippen LogP contribution is 2.19. The molecule has 0 unspecified atom stereocenters. The number of aromatic nitrogens is 1. The molecule has 0 spiro atoms. The maximum atomic E-state index is 12.2. The number of likely N-dealkylation sites (tertiary alicyclic amines) is 1. The Morgan fingerprint density at radius 2 is 2.00 bits per heavy atom. The summed E-state index contributed by atoms with van der Waals surface area (Å²) in [5.41, 5.74) is 0.422. The van der Waals surface area contributed by atoms with Gasteiger partial charge in [-0.1, -0.05) is 26.2 Å². The van der Waals surface area contributed by atoms with Crippen molar-refractivity contribution < 1.29 is 9.21 Å². The standard InChI is InChI=1S/C17H27N3O2/c1-13-7-9-20(10-8-13)11-16-19-15(12-22-16)17(21)18-14-5-3-2-4-6-14/h12-14H,2-11H2,1H3,(H,18,21). The van der Waals surface area contributed by atoms with Crippen LogP contribution in [0.3, 0.4) is 0 Å². The molecule has 2 fully saturated rings. The molecule has 1 aliphatic carbocycles. The Hall–Kier alpha value is -1.36. The molecular formula is C17H27N3O2. The minimum Gasteiger partial charge on any atom is -0.447 e. The minimum absolute atomic E-state index is 0.0887. The number of oxazole rings is 1. The first-order valence-corrected chi connectivity index (χ1v) is 8.68. The fraction of sp³-hybridized carbons (Fsp3) is 0.765. The third kappa shape index (κ3) is 4.09. The van der Waals surface area contributed by atoms with Crippen LogP contribution in [-0.4, -0.2) is 34.9 Å². The van der Waals surface area contributed by atoms with Gasteiger partial charge >= 0.3 is 0 Å². The van der Waals surface area contributed by atoms with Crippen LogP contribution in [0, 0.1) is 5.92 Å². The Morgan fingerprint density at radius 3 is 2.73 bits per heavy atom. The number of amides is 1. The summed E-state index contributed by atoms with van der Waals surface area (Å²) in [4.78, 5) is 18.9. The molecule has 0 radical (unpaired) electrons.